The number of hydrogen-bond donors (Lipinski definition) is 0. The van der Waals surface area contributed by atoms with Crippen molar-refractivity contribution in [1.82, 2.24) is 25.1 Å². The average molecular weight is 515 g/mol. The minimum absolute atomic E-state index is 0.0679. The van der Waals surface area contributed by atoms with Crippen LogP contribution in [0.1, 0.15) is 48.3 Å². The highest BCUT2D eigenvalue weighted by Crippen LogP contribution is 2.38. The van der Waals surface area contributed by atoms with Gasteiger partial charge in [-0.25, -0.2) is 4.98 Å². The van der Waals surface area contributed by atoms with E-state index in [0.717, 1.165) is 11.8 Å². The molecule has 1 aliphatic rings. The average Bonchev–Trinajstić information content (AvgIpc) is 3.50. The molecule has 0 bridgehead atoms. The number of aryl methyl sites for hydroxylation is 1. The van der Waals surface area contributed by atoms with Crippen molar-refractivity contribution < 1.29 is 26.8 Å². The van der Waals surface area contributed by atoms with Crippen LogP contribution in [0.25, 0.3) is 22.7 Å². The Kier molecular flexibility index (Phi) is 5.92. The number of alkyl halides is 3. The van der Waals surface area contributed by atoms with E-state index in [1.807, 2.05) is 38.7 Å². The van der Waals surface area contributed by atoms with Crippen LogP contribution in [0.5, 0.6) is 0 Å². The van der Waals surface area contributed by atoms with E-state index < -0.39 is 23.1 Å². The molecule has 4 aromatic rings. The van der Waals surface area contributed by atoms with Crippen molar-refractivity contribution in [3.63, 3.8) is 0 Å². The van der Waals surface area contributed by atoms with Gasteiger partial charge in [0, 0.05) is 42.9 Å². The van der Waals surface area contributed by atoms with Crippen LogP contribution in [-0.2, 0) is 11.6 Å². The molecule has 0 unspecified atom stereocenters. The van der Waals surface area contributed by atoms with Gasteiger partial charge in [-0.3, -0.25) is 4.79 Å². The zero-order valence-electron chi connectivity index (χ0n) is 20.8. The minimum atomic E-state index is -4.72. The molecule has 12 heteroatoms. The summed E-state index contributed by atoms with van der Waals surface area (Å²) >= 11 is 0. The molecular weight excluding hydrogens is 489 g/mol. The summed E-state index contributed by atoms with van der Waals surface area (Å²) < 4.78 is 53.2. The number of oxazole rings is 1. The van der Waals surface area contributed by atoms with E-state index in [9.17, 15) is 18.0 Å². The number of fused-ring (bicyclic) bond motifs is 1. The number of anilines is 1. The first-order valence-corrected chi connectivity index (χ1v) is 11.7. The van der Waals surface area contributed by atoms with E-state index in [4.69, 9.17) is 8.83 Å². The summed E-state index contributed by atoms with van der Waals surface area (Å²) in [6.45, 7) is 8.74. The van der Waals surface area contributed by atoms with Gasteiger partial charge in [-0.15, -0.1) is 10.2 Å². The maximum absolute atomic E-state index is 14.0. The van der Waals surface area contributed by atoms with E-state index in [-0.39, 0.29) is 22.9 Å². The minimum Gasteiger partial charge on any atom is -0.422 e. The fraction of sp³-hybridized carbons (Fsp3) is 0.400. The molecule has 37 heavy (non-hydrogen) atoms. The summed E-state index contributed by atoms with van der Waals surface area (Å²) in [5.41, 5.74) is 0.0305. The van der Waals surface area contributed by atoms with E-state index in [1.54, 1.807) is 6.07 Å². The summed E-state index contributed by atoms with van der Waals surface area (Å²) in [6.07, 6.45) is -4.72. The fourth-order valence-electron chi connectivity index (χ4n) is 4.05. The number of nitrogens with zero attached hydrogens (tertiary/aromatic N) is 6. The third kappa shape index (κ3) is 4.87. The second kappa shape index (κ2) is 8.86. The van der Waals surface area contributed by atoms with Gasteiger partial charge in [-0.2, -0.15) is 18.2 Å². The normalized spacial score (nSPS) is 15.0. The molecule has 5 rings (SSSR count). The summed E-state index contributed by atoms with van der Waals surface area (Å²) in [5.74, 6) is -0.515. The van der Waals surface area contributed by atoms with E-state index in [2.05, 4.69) is 20.2 Å². The number of aromatic nitrogens is 4. The van der Waals surface area contributed by atoms with Crippen molar-refractivity contribution >= 4 is 23.2 Å². The van der Waals surface area contributed by atoms with Gasteiger partial charge < -0.3 is 18.6 Å². The summed E-state index contributed by atoms with van der Waals surface area (Å²) in [4.78, 5) is 25.3. The quantitative estimate of drug-likeness (QED) is 0.382. The van der Waals surface area contributed by atoms with Crippen molar-refractivity contribution in [2.45, 2.75) is 39.3 Å². The first kappa shape index (κ1) is 24.7. The van der Waals surface area contributed by atoms with Crippen molar-refractivity contribution in [3.05, 3.63) is 53.0 Å². The summed E-state index contributed by atoms with van der Waals surface area (Å²) in [7, 11) is 0. The lowest BCUT2D eigenvalue weighted by Crippen LogP contribution is -2.49. The number of carbonyl (C=O) groups excluding carboxylic acids is 1. The Balaban J connectivity index is 1.34. The third-order valence-corrected chi connectivity index (χ3v) is 6.09. The van der Waals surface area contributed by atoms with E-state index in [1.165, 1.54) is 17.0 Å². The topological polar surface area (TPSA) is 101 Å². The molecule has 194 valence electrons. The van der Waals surface area contributed by atoms with Gasteiger partial charge in [0.2, 0.25) is 17.4 Å². The number of carbonyl (C=O) groups is 1. The molecule has 0 aliphatic carbocycles. The Morgan fingerprint density at radius 1 is 0.946 bits per heavy atom. The highest BCUT2D eigenvalue weighted by Gasteiger charge is 2.37. The standard InChI is InChI=1S/C25H25F3N6O3/c1-14-5-8-18-19(29-14)30-23(36-18)34-11-9-33(10-12-34)21(35)15-6-7-16(17(13-15)25(26,27)28)20-31-32-22(37-20)24(2,3)4/h5-8,13H,9-12H2,1-4H3. The number of piperazine rings is 1. The third-order valence-electron chi connectivity index (χ3n) is 6.09. The molecule has 1 saturated heterocycles. The maximum Gasteiger partial charge on any atom is 0.417 e. The Morgan fingerprint density at radius 3 is 2.32 bits per heavy atom. The van der Waals surface area contributed by atoms with Crippen molar-refractivity contribution in [2.75, 3.05) is 31.1 Å². The lowest BCUT2D eigenvalue weighted by atomic mass is 9.97. The zero-order valence-corrected chi connectivity index (χ0v) is 20.8. The van der Waals surface area contributed by atoms with Crippen LogP contribution < -0.4 is 4.90 Å². The van der Waals surface area contributed by atoms with Crippen LogP contribution in [-0.4, -0.2) is 57.2 Å². The van der Waals surface area contributed by atoms with Crippen LogP contribution in [0.3, 0.4) is 0 Å². The van der Waals surface area contributed by atoms with Gasteiger partial charge in [-0.05, 0) is 37.3 Å². The van der Waals surface area contributed by atoms with Crippen LogP contribution in [0.2, 0.25) is 0 Å². The fourth-order valence-corrected chi connectivity index (χ4v) is 4.05. The van der Waals surface area contributed by atoms with Gasteiger partial charge >= 0.3 is 6.18 Å². The lowest BCUT2D eigenvalue weighted by molar-refractivity contribution is -0.137. The lowest BCUT2D eigenvalue weighted by Gasteiger charge is -2.34. The molecule has 0 saturated carbocycles. The van der Waals surface area contributed by atoms with Crippen LogP contribution in [0, 0.1) is 6.92 Å². The molecule has 0 atom stereocenters. The molecule has 1 fully saturated rings. The van der Waals surface area contributed by atoms with Gasteiger partial charge in [-0.1, -0.05) is 20.8 Å². The van der Waals surface area contributed by atoms with Crippen LogP contribution >= 0.6 is 0 Å². The number of pyridine rings is 1. The number of rotatable bonds is 3. The van der Waals surface area contributed by atoms with Gasteiger partial charge in [0.25, 0.3) is 11.9 Å². The van der Waals surface area contributed by atoms with Gasteiger partial charge in [0.15, 0.2) is 5.58 Å². The van der Waals surface area contributed by atoms with Gasteiger partial charge in [0.1, 0.15) is 0 Å². The van der Waals surface area contributed by atoms with E-state index >= 15 is 0 Å². The predicted molar refractivity (Wildman–Crippen MR) is 128 cm³/mol. The Bertz CT molecular complexity index is 1460. The second-order valence-electron chi connectivity index (χ2n) is 9.97. The Labute approximate surface area is 210 Å². The van der Waals surface area contributed by atoms with Crippen molar-refractivity contribution in [1.29, 1.82) is 0 Å². The molecule has 0 N–H and O–H groups in total. The first-order valence-electron chi connectivity index (χ1n) is 11.7. The molecule has 1 aliphatic heterocycles. The molecular formula is C25H25F3N6O3. The molecule has 9 nitrogen and oxygen atoms in total. The van der Waals surface area contributed by atoms with E-state index in [0.29, 0.717) is 43.4 Å². The molecule has 4 heterocycles. The molecule has 0 radical (unpaired) electrons. The SMILES string of the molecule is Cc1ccc2oc(N3CCN(C(=O)c4ccc(-c5nnc(C(C)(C)C)o5)c(C(F)(F)F)c4)CC3)nc2n1. The first-order chi connectivity index (χ1) is 17.4. The number of benzene rings is 1. The Hall–Kier alpha value is -3.96. The number of halogens is 3. The highest BCUT2D eigenvalue weighted by atomic mass is 19.4. The Morgan fingerprint density at radius 2 is 1.68 bits per heavy atom. The van der Waals surface area contributed by atoms with Crippen LogP contribution in [0.15, 0.2) is 39.2 Å². The van der Waals surface area contributed by atoms with Crippen molar-refractivity contribution in [2.24, 2.45) is 0 Å². The summed E-state index contributed by atoms with van der Waals surface area (Å²) in [5, 5.41) is 7.70. The zero-order chi connectivity index (χ0) is 26.5. The predicted octanol–water partition coefficient (Wildman–Crippen LogP) is 4.86. The second-order valence-corrected chi connectivity index (χ2v) is 9.97. The van der Waals surface area contributed by atoms with Crippen LogP contribution in [0.4, 0.5) is 19.2 Å². The van der Waals surface area contributed by atoms with Gasteiger partial charge in [0.05, 0.1) is 11.1 Å². The monoisotopic (exact) mass is 514 g/mol. The maximum atomic E-state index is 14.0. The highest BCUT2D eigenvalue weighted by molar-refractivity contribution is 5.95. The molecule has 3 aromatic heterocycles. The molecule has 1 aromatic carbocycles. The molecule has 0 spiro atoms. The number of amides is 1. The molecule has 1 amide bonds. The summed E-state index contributed by atoms with van der Waals surface area (Å²) in [6, 6.07) is 7.44. The smallest absolute Gasteiger partial charge is 0.417 e. The largest absolute Gasteiger partial charge is 0.422 e. The van der Waals surface area contributed by atoms with Crippen molar-refractivity contribution in [3.8, 4) is 11.5 Å². The number of hydrogen-bond acceptors (Lipinski definition) is 8.